The summed E-state index contributed by atoms with van der Waals surface area (Å²) in [5.74, 6) is -0.232. The van der Waals surface area contributed by atoms with E-state index in [4.69, 9.17) is 9.47 Å². The first-order valence-corrected chi connectivity index (χ1v) is 8.56. The fourth-order valence-corrected chi connectivity index (χ4v) is 3.18. The molecule has 0 spiro atoms. The highest BCUT2D eigenvalue weighted by Crippen LogP contribution is 2.34. The molecule has 1 atom stereocenters. The van der Waals surface area contributed by atoms with Crippen molar-refractivity contribution in [2.75, 3.05) is 32.2 Å². The molecule has 6 nitrogen and oxygen atoms in total. The number of carbonyl (C=O) groups is 2. The summed E-state index contributed by atoms with van der Waals surface area (Å²) in [7, 11) is 3.07. The third-order valence-corrected chi connectivity index (χ3v) is 4.70. The van der Waals surface area contributed by atoms with Crippen molar-refractivity contribution in [3.8, 4) is 11.5 Å². The molecule has 1 aliphatic rings. The molecule has 1 fully saturated rings. The van der Waals surface area contributed by atoms with E-state index in [1.165, 1.54) is 30.2 Å². The molecule has 27 heavy (non-hydrogen) atoms. The van der Waals surface area contributed by atoms with Gasteiger partial charge in [-0.25, -0.2) is 4.39 Å². The second-order valence-corrected chi connectivity index (χ2v) is 6.18. The molecule has 0 aliphatic carbocycles. The van der Waals surface area contributed by atoms with Gasteiger partial charge in [0, 0.05) is 19.2 Å². The number of piperazine rings is 1. The number of amides is 2. The van der Waals surface area contributed by atoms with E-state index < -0.39 is 17.8 Å². The number of methoxy groups -OCH3 is 2. The molecule has 1 heterocycles. The highest BCUT2D eigenvalue weighted by atomic mass is 19.1. The Kier molecular flexibility index (Phi) is 5.30. The lowest BCUT2D eigenvalue weighted by Gasteiger charge is -2.39. The van der Waals surface area contributed by atoms with Crippen molar-refractivity contribution < 1.29 is 23.5 Å². The molecule has 2 aromatic rings. The van der Waals surface area contributed by atoms with Crippen LogP contribution in [0.5, 0.6) is 11.5 Å². The van der Waals surface area contributed by atoms with Gasteiger partial charge in [-0.15, -0.1) is 0 Å². The van der Waals surface area contributed by atoms with E-state index in [2.05, 4.69) is 0 Å². The molecule has 0 bridgehead atoms. The molecule has 1 saturated heterocycles. The van der Waals surface area contributed by atoms with Gasteiger partial charge in [-0.3, -0.25) is 9.59 Å². The number of carbonyl (C=O) groups excluding carboxylic acids is 2. The minimum absolute atomic E-state index is 0.0374. The van der Waals surface area contributed by atoms with Crippen molar-refractivity contribution in [2.24, 2.45) is 0 Å². The van der Waals surface area contributed by atoms with E-state index >= 15 is 0 Å². The van der Waals surface area contributed by atoms with Crippen molar-refractivity contribution >= 4 is 17.5 Å². The van der Waals surface area contributed by atoms with Crippen molar-refractivity contribution in [2.45, 2.75) is 13.0 Å². The SMILES string of the molecule is COc1ccc(OC)c(N2CCN(C(=O)c3ccccc3F)C(C)C2=O)c1. The van der Waals surface area contributed by atoms with Crippen LogP contribution in [0.3, 0.4) is 0 Å². The van der Waals surface area contributed by atoms with Crippen molar-refractivity contribution in [3.63, 3.8) is 0 Å². The summed E-state index contributed by atoms with van der Waals surface area (Å²) in [6.07, 6.45) is 0. The third kappa shape index (κ3) is 3.45. The van der Waals surface area contributed by atoms with Gasteiger partial charge in [0.25, 0.3) is 5.91 Å². The third-order valence-electron chi connectivity index (χ3n) is 4.70. The van der Waals surface area contributed by atoms with E-state index in [9.17, 15) is 14.0 Å². The van der Waals surface area contributed by atoms with E-state index in [1.807, 2.05) is 0 Å². The maximum absolute atomic E-state index is 14.0. The van der Waals surface area contributed by atoms with Gasteiger partial charge in [-0.2, -0.15) is 0 Å². The Labute approximate surface area is 157 Å². The monoisotopic (exact) mass is 372 g/mol. The Bertz CT molecular complexity index is 871. The smallest absolute Gasteiger partial charge is 0.257 e. The zero-order valence-corrected chi connectivity index (χ0v) is 15.4. The summed E-state index contributed by atoms with van der Waals surface area (Å²) < 4.78 is 24.6. The van der Waals surface area contributed by atoms with Gasteiger partial charge >= 0.3 is 0 Å². The Hall–Kier alpha value is -3.09. The second-order valence-electron chi connectivity index (χ2n) is 6.18. The van der Waals surface area contributed by atoms with Gasteiger partial charge in [0.1, 0.15) is 23.4 Å². The van der Waals surface area contributed by atoms with Crippen molar-refractivity contribution in [3.05, 3.63) is 53.8 Å². The molecule has 0 saturated carbocycles. The first-order chi connectivity index (χ1) is 13.0. The molecular weight excluding hydrogens is 351 g/mol. The van der Waals surface area contributed by atoms with Crippen LogP contribution in [-0.2, 0) is 4.79 Å². The van der Waals surface area contributed by atoms with Gasteiger partial charge in [0.2, 0.25) is 5.91 Å². The first kappa shape index (κ1) is 18.7. The number of benzene rings is 2. The summed E-state index contributed by atoms with van der Waals surface area (Å²) in [6, 6.07) is 10.2. The largest absolute Gasteiger partial charge is 0.497 e. The van der Waals surface area contributed by atoms with Gasteiger partial charge in [-0.05, 0) is 31.2 Å². The molecule has 0 aromatic heterocycles. The molecule has 0 N–H and O–H groups in total. The number of rotatable bonds is 4. The van der Waals surface area contributed by atoms with E-state index in [-0.39, 0.29) is 24.6 Å². The molecule has 2 amide bonds. The topological polar surface area (TPSA) is 59.1 Å². The van der Waals surface area contributed by atoms with Crippen LogP contribution in [0.25, 0.3) is 0 Å². The minimum Gasteiger partial charge on any atom is -0.497 e. The maximum atomic E-state index is 14.0. The number of ether oxygens (including phenoxy) is 2. The molecule has 1 aliphatic heterocycles. The van der Waals surface area contributed by atoms with Crippen molar-refractivity contribution in [1.29, 1.82) is 0 Å². The summed E-state index contributed by atoms with van der Waals surface area (Å²) in [4.78, 5) is 28.6. The van der Waals surface area contributed by atoms with E-state index in [1.54, 1.807) is 43.2 Å². The lowest BCUT2D eigenvalue weighted by atomic mass is 10.1. The molecule has 2 aromatic carbocycles. The van der Waals surface area contributed by atoms with Crippen LogP contribution >= 0.6 is 0 Å². The number of hydrogen-bond donors (Lipinski definition) is 0. The van der Waals surface area contributed by atoms with Crippen LogP contribution in [0.2, 0.25) is 0 Å². The normalized spacial score (nSPS) is 17.0. The predicted octanol–water partition coefficient (Wildman–Crippen LogP) is 2.72. The first-order valence-electron chi connectivity index (χ1n) is 8.56. The highest BCUT2D eigenvalue weighted by Gasteiger charge is 2.37. The van der Waals surface area contributed by atoms with Crippen LogP contribution < -0.4 is 14.4 Å². The zero-order valence-electron chi connectivity index (χ0n) is 15.4. The average Bonchev–Trinajstić information content (AvgIpc) is 2.69. The molecule has 1 unspecified atom stereocenters. The fraction of sp³-hybridized carbons (Fsp3) is 0.300. The molecule has 7 heteroatoms. The van der Waals surface area contributed by atoms with Gasteiger partial charge in [0.15, 0.2) is 0 Å². The molecular formula is C20H21FN2O4. The van der Waals surface area contributed by atoms with Gasteiger partial charge in [0.05, 0.1) is 25.5 Å². The van der Waals surface area contributed by atoms with Crippen molar-refractivity contribution in [1.82, 2.24) is 4.90 Å². The predicted molar refractivity (Wildman–Crippen MR) is 98.8 cm³/mol. The molecule has 3 rings (SSSR count). The number of hydrogen-bond acceptors (Lipinski definition) is 4. The lowest BCUT2D eigenvalue weighted by Crippen LogP contribution is -2.58. The molecule has 0 radical (unpaired) electrons. The summed E-state index contributed by atoms with van der Waals surface area (Å²) >= 11 is 0. The van der Waals surface area contributed by atoms with Gasteiger partial charge in [-0.1, -0.05) is 12.1 Å². The quantitative estimate of drug-likeness (QED) is 0.828. The van der Waals surface area contributed by atoms with E-state index in [0.717, 1.165) is 0 Å². The Morgan fingerprint density at radius 1 is 1.11 bits per heavy atom. The van der Waals surface area contributed by atoms with Crippen LogP contribution in [0.15, 0.2) is 42.5 Å². The summed E-state index contributed by atoms with van der Waals surface area (Å²) in [5.41, 5.74) is 0.538. The zero-order chi connectivity index (χ0) is 19.6. The number of anilines is 1. The number of halogens is 1. The Morgan fingerprint density at radius 3 is 2.52 bits per heavy atom. The van der Waals surface area contributed by atoms with Crippen LogP contribution in [0.1, 0.15) is 17.3 Å². The Balaban J connectivity index is 1.87. The average molecular weight is 372 g/mol. The Morgan fingerprint density at radius 2 is 1.85 bits per heavy atom. The standard InChI is InChI=1S/C20H21FN2O4/c1-13-19(24)23(17-12-14(26-2)8-9-18(17)27-3)11-10-22(13)20(25)15-6-4-5-7-16(15)21/h4-9,12-13H,10-11H2,1-3H3. The maximum Gasteiger partial charge on any atom is 0.257 e. The summed E-state index contributed by atoms with van der Waals surface area (Å²) in [5, 5.41) is 0. The second kappa shape index (κ2) is 7.65. The fourth-order valence-electron chi connectivity index (χ4n) is 3.18. The summed E-state index contributed by atoms with van der Waals surface area (Å²) in [6.45, 7) is 2.19. The van der Waals surface area contributed by atoms with Crippen LogP contribution in [0, 0.1) is 5.82 Å². The van der Waals surface area contributed by atoms with E-state index in [0.29, 0.717) is 17.2 Å². The van der Waals surface area contributed by atoms with Crippen LogP contribution in [0.4, 0.5) is 10.1 Å². The van der Waals surface area contributed by atoms with Crippen LogP contribution in [-0.4, -0.2) is 50.1 Å². The lowest BCUT2D eigenvalue weighted by molar-refractivity contribution is -0.124. The minimum atomic E-state index is -0.734. The number of nitrogens with zero attached hydrogens (tertiary/aromatic N) is 2. The highest BCUT2D eigenvalue weighted by molar-refractivity contribution is 6.04. The molecule has 142 valence electrons. The van der Waals surface area contributed by atoms with Gasteiger partial charge < -0.3 is 19.3 Å².